The van der Waals surface area contributed by atoms with Crippen LogP contribution in [0, 0.1) is 5.41 Å². The van der Waals surface area contributed by atoms with E-state index in [1.165, 1.54) is 17.2 Å². The number of amides is 1. The number of hydrogen-bond donors (Lipinski definition) is 4. The third-order valence-electron chi connectivity index (χ3n) is 7.33. The Kier molecular flexibility index (Phi) is 9.59. The van der Waals surface area contributed by atoms with Crippen molar-refractivity contribution in [1.82, 2.24) is 5.32 Å². The molecule has 7 atom stereocenters. The second kappa shape index (κ2) is 11.4. The molecular weight excluding hydrogens is 443 g/mol. The minimum absolute atomic E-state index is 0.0623. The van der Waals surface area contributed by atoms with Gasteiger partial charge in [0, 0.05) is 6.08 Å². The molecule has 0 aliphatic heterocycles. The molecule has 0 spiro atoms. The van der Waals surface area contributed by atoms with E-state index in [9.17, 15) is 24.5 Å². The van der Waals surface area contributed by atoms with Crippen molar-refractivity contribution in [2.45, 2.75) is 96.0 Å². The van der Waals surface area contributed by atoms with E-state index in [0.717, 1.165) is 18.4 Å². The number of carbonyl (C=O) groups is 1. The summed E-state index contributed by atoms with van der Waals surface area (Å²) < 4.78 is 13.8. The zero-order valence-electron chi connectivity index (χ0n) is 21.6. The number of hydrogen-bond acceptors (Lipinski definition) is 4. The van der Waals surface area contributed by atoms with Crippen molar-refractivity contribution in [3.63, 3.8) is 0 Å². The summed E-state index contributed by atoms with van der Waals surface area (Å²) in [4.78, 5) is 12.3. The number of rotatable bonds is 6. The predicted octanol–water partition coefficient (Wildman–Crippen LogP) is 3.35. The fourth-order valence-corrected chi connectivity index (χ4v) is 4.57. The van der Waals surface area contributed by atoms with Crippen LogP contribution in [0.25, 0.3) is 0 Å². The van der Waals surface area contributed by atoms with E-state index in [-0.39, 0.29) is 10.7 Å². The molecule has 1 fully saturated rings. The summed E-state index contributed by atoms with van der Waals surface area (Å²) >= 11 is 0. The maximum Gasteiger partial charge on any atom is 0.244 e. The Morgan fingerprint density at radius 3 is 2.31 bits per heavy atom. The van der Waals surface area contributed by atoms with Crippen LogP contribution in [0.5, 0.6) is 0 Å². The van der Waals surface area contributed by atoms with Crippen LogP contribution in [0.2, 0.25) is 11.1 Å². The molecule has 0 saturated heterocycles. The van der Waals surface area contributed by atoms with E-state index < -0.39 is 42.2 Å². The molecule has 188 valence electrons. The van der Waals surface area contributed by atoms with Gasteiger partial charge in [-0.3, -0.25) is 4.79 Å². The normalized spacial score (nSPS) is 36.7. The lowest BCUT2D eigenvalue weighted by atomic mass is 9.54. The van der Waals surface area contributed by atoms with Crippen molar-refractivity contribution >= 4 is 21.6 Å². The van der Waals surface area contributed by atoms with E-state index in [2.05, 4.69) is 45.2 Å². The molecule has 0 heterocycles. The van der Waals surface area contributed by atoms with Gasteiger partial charge in [-0.15, -0.1) is 0 Å². The molecule has 5 nitrogen and oxygen atoms in total. The van der Waals surface area contributed by atoms with Crippen LogP contribution in [-0.4, -0.2) is 67.4 Å². The van der Waals surface area contributed by atoms with Crippen molar-refractivity contribution in [3.05, 3.63) is 58.7 Å². The summed E-state index contributed by atoms with van der Waals surface area (Å²) in [5.74, 6) is -2.01. The van der Waals surface area contributed by atoms with Crippen LogP contribution < -0.4 is 5.32 Å². The first-order valence-corrected chi connectivity index (χ1v) is 12.0. The van der Waals surface area contributed by atoms with Crippen molar-refractivity contribution < 1.29 is 24.5 Å². The Morgan fingerprint density at radius 2 is 1.69 bits per heavy atom. The highest BCUT2D eigenvalue weighted by molar-refractivity contribution is 6.17. The highest BCUT2D eigenvalue weighted by atomic mass is 19.1. The molecule has 1 saturated carbocycles. The molecule has 0 aromatic rings. The van der Waals surface area contributed by atoms with Gasteiger partial charge in [0.05, 0.1) is 27.8 Å². The molecule has 35 heavy (non-hydrogen) atoms. The van der Waals surface area contributed by atoms with Gasteiger partial charge in [-0.2, -0.15) is 0 Å². The lowest BCUT2D eigenvalue weighted by molar-refractivity contribution is -0.130. The minimum atomic E-state index is -1.98. The monoisotopic (exact) mass is 481 g/mol. The zero-order valence-corrected chi connectivity index (χ0v) is 21.6. The molecule has 2 aliphatic rings. The van der Waals surface area contributed by atoms with Crippen LogP contribution in [0.15, 0.2) is 58.7 Å². The lowest BCUT2D eigenvalue weighted by Gasteiger charge is -2.42. The average Bonchev–Trinajstić information content (AvgIpc) is 2.77. The van der Waals surface area contributed by atoms with Crippen LogP contribution in [0.1, 0.15) is 54.4 Å². The molecule has 1 amide bonds. The summed E-state index contributed by atoms with van der Waals surface area (Å²) in [6.07, 6.45) is 5.97. The Balaban J connectivity index is 2.04. The van der Waals surface area contributed by atoms with Gasteiger partial charge in [-0.05, 0) is 54.9 Å². The minimum Gasteiger partial charge on any atom is -0.391 e. The van der Waals surface area contributed by atoms with Gasteiger partial charge in [-0.25, -0.2) is 4.39 Å². The first kappa shape index (κ1) is 29.3. The van der Waals surface area contributed by atoms with Gasteiger partial charge in [0.15, 0.2) is 0 Å². The van der Waals surface area contributed by atoms with Gasteiger partial charge in [0.1, 0.15) is 18.4 Å². The highest BCUT2D eigenvalue weighted by Gasteiger charge is 2.47. The lowest BCUT2D eigenvalue weighted by Crippen LogP contribution is -2.63. The van der Waals surface area contributed by atoms with E-state index in [1.54, 1.807) is 13.0 Å². The summed E-state index contributed by atoms with van der Waals surface area (Å²) in [5, 5.41) is 32.0. The molecular formula is C27H38B2FNO4. The SMILES string of the molecule is [B]C1C(O)C(NC(=O)/C=C(C)/C=C/C=C(C)/C=C/C2=C(C)C([B])(C)CCC2(C)C)C(O)C(O)C1F. The topological polar surface area (TPSA) is 89.8 Å². The Morgan fingerprint density at radius 1 is 1.06 bits per heavy atom. The maximum atomic E-state index is 13.8. The molecule has 0 aromatic heterocycles. The largest absolute Gasteiger partial charge is 0.391 e. The van der Waals surface area contributed by atoms with Crippen LogP contribution in [0.4, 0.5) is 4.39 Å². The fraction of sp³-hybridized carbons (Fsp3) is 0.593. The summed E-state index contributed by atoms with van der Waals surface area (Å²) in [7, 11) is 12.0. The van der Waals surface area contributed by atoms with Gasteiger partial charge in [0.2, 0.25) is 5.91 Å². The number of halogens is 1. The molecule has 2 rings (SSSR count). The fourth-order valence-electron chi connectivity index (χ4n) is 4.57. The molecule has 4 N–H and O–H groups in total. The highest BCUT2D eigenvalue weighted by Crippen LogP contribution is 2.51. The maximum absolute atomic E-state index is 13.8. The first-order valence-electron chi connectivity index (χ1n) is 12.0. The predicted molar refractivity (Wildman–Crippen MR) is 140 cm³/mol. The standard InChI is InChI=1S/C27H38B2FNO4/c1-15(10-11-18-17(3)27(6,29)13-12-26(18,4)5)8-7-9-16(2)14-19(32)31-22-23(33)20(28)21(30)24(34)25(22)35/h7-11,14,20-25,33-35H,12-13H2,1-6H3,(H,31,32)/b9-7+,11-10+,15-8+,16-14+. The van der Waals surface area contributed by atoms with Crippen molar-refractivity contribution in [2.24, 2.45) is 5.41 Å². The molecule has 2 aliphatic carbocycles. The third kappa shape index (κ3) is 7.08. The average molecular weight is 481 g/mol. The van der Waals surface area contributed by atoms with Crippen LogP contribution in [0.3, 0.4) is 0 Å². The summed E-state index contributed by atoms with van der Waals surface area (Å²) in [6, 6.07) is -1.28. The number of alkyl halides is 1. The van der Waals surface area contributed by atoms with Crippen molar-refractivity contribution in [1.29, 1.82) is 0 Å². The third-order valence-corrected chi connectivity index (χ3v) is 7.33. The Hall–Kier alpha value is -1.89. The van der Waals surface area contributed by atoms with E-state index in [4.69, 9.17) is 15.7 Å². The number of allylic oxidation sites excluding steroid dienone is 9. The number of nitrogens with one attached hydrogen (secondary N) is 1. The molecule has 4 radical (unpaired) electrons. The van der Waals surface area contributed by atoms with Gasteiger partial charge < -0.3 is 20.6 Å². The van der Waals surface area contributed by atoms with Crippen molar-refractivity contribution in [3.8, 4) is 0 Å². The van der Waals surface area contributed by atoms with E-state index >= 15 is 0 Å². The smallest absolute Gasteiger partial charge is 0.244 e. The van der Waals surface area contributed by atoms with E-state index in [1.807, 2.05) is 19.1 Å². The van der Waals surface area contributed by atoms with Crippen LogP contribution in [-0.2, 0) is 4.79 Å². The van der Waals surface area contributed by atoms with Gasteiger partial charge in [0.25, 0.3) is 0 Å². The number of carbonyl (C=O) groups excluding carboxylic acids is 1. The molecule has 8 heteroatoms. The number of aliphatic hydroxyl groups excluding tert-OH is 3. The second-order valence-electron chi connectivity index (χ2n) is 10.9. The molecule has 7 unspecified atom stereocenters. The van der Waals surface area contributed by atoms with Crippen LogP contribution >= 0.6 is 0 Å². The Labute approximate surface area is 211 Å². The number of aliphatic hydroxyl groups is 3. The van der Waals surface area contributed by atoms with Gasteiger partial charge in [-0.1, -0.05) is 68.7 Å². The summed E-state index contributed by atoms with van der Waals surface area (Å²) in [6.45, 7) is 12.4. The first-order chi connectivity index (χ1) is 16.1. The quantitative estimate of drug-likeness (QED) is 0.266. The van der Waals surface area contributed by atoms with Crippen molar-refractivity contribution in [2.75, 3.05) is 0 Å². The zero-order chi connectivity index (χ0) is 26.7. The van der Waals surface area contributed by atoms with E-state index in [0.29, 0.717) is 5.57 Å². The second-order valence-corrected chi connectivity index (χ2v) is 10.9. The summed E-state index contributed by atoms with van der Waals surface area (Å²) in [5.41, 5.74) is 4.17. The molecule has 0 aromatic carbocycles. The van der Waals surface area contributed by atoms with Gasteiger partial charge >= 0.3 is 0 Å². The Bertz CT molecular complexity index is 935. The molecule has 0 bridgehead atoms.